The normalized spacial score (nSPS) is 12.0. The monoisotopic (exact) mass is 291 g/mol. The molecule has 0 bridgehead atoms. The number of aliphatic hydroxyl groups is 1. The lowest BCUT2D eigenvalue weighted by Crippen LogP contribution is -2.29. The molecule has 1 amide bonds. The number of halogens is 2. The number of aliphatic hydroxyl groups excluding tert-OH is 1. The van der Waals surface area contributed by atoms with Crippen molar-refractivity contribution >= 4 is 5.91 Å². The smallest absolute Gasteiger partial charge is 0.224 e. The molecule has 21 heavy (non-hydrogen) atoms. The minimum Gasteiger partial charge on any atom is -0.387 e. The zero-order valence-corrected chi connectivity index (χ0v) is 11.2. The predicted molar refractivity (Wildman–Crippen MR) is 74.5 cm³/mol. The SMILES string of the molecule is O=C(Cc1cccc(F)c1)NCC(O)c1ccc(F)cc1. The molecule has 110 valence electrons. The Morgan fingerprint density at radius 1 is 1.10 bits per heavy atom. The van der Waals surface area contributed by atoms with Crippen LogP contribution in [0.5, 0.6) is 0 Å². The topological polar surface area (TPSA) is 49.3 Å². The standard InChI is InChI=1S/C16H15F2NO2/c17-13-6-4-12(5-7-13)15(20)10-19-16(21)9-11-2-1-3-14(18)8-11/h1-8,15,20H,9-10H2,(H,19,21). The number of benzene rings is 2. The number of hydrogen-bond donors (Lipinski definition) is 2. The lowest BCUT2D eigenvalue weighted by molar-refractivity contribution is -0.120. The highest BCUT2D eigenvalue weighted by Crippen LogP contribution is 2.12. The van der Waals surface area contributed by atoms with Gasteiger partial charge in [-0.3, -0.25) is 4.79 Å². The lowest BCUT2D eigenvalue weighted by atomic mass is 10.1. The van der Waals surface area contributed by atoms with Crippen molar-refractivity contribution in [1.29, 1.82) is 0 Å². The molecule has 0 radical (unpaired) electrons. The van der Waals surface area contributed by atoms with Gasteiger partial charge in [0.25, 0.3) is 0 Å². The second-order valence-electron chi connectivity index (χ2n) is 4.68. The molecule has 0 aliphatic rings. The Labute approximate surface area is 121 Å². The van der Waals surface area contributed by atoms with Crippen molar-refractivity contribution in [2.24, 2.45) is 0 Å². The van der Waals surface area contributed by atoms with E-state index in [9.17, 15) is 18.7 Å². The van der Waals surface area contributed by atoms with E-state index in [2.05, 4.69) is 5.32 Å². The van der Waals surface area contributed by atoms with Crippen LogP contribution < -0.4 is 5.32 Å². The fraction of sp³-hybridized carbons (Fsp3) is 0.188. The van der Waals surface area contributed by atoms with E-state index in [0.717, 1.165) is 0 Å². The van der Waals surface area contributed by atoms with Crippen LogP contribution in [-0.2, 0) is 11.2 Å². The number of carbonyl (C=O) groups excluding carboxylic acids is 1. The largest absolute Gasteiger partial charge is 0.387 e. The first-order valence-electron chi connectivity index (χ1n) is 6.49. The van der Waals surface area contributed by atoms with Gasteiger partial charge in [0.1, 0.15) is 11.6 Å². The van der Waals surface area contributed by atoms with Crippen molar-refractivity contribution in [3.05, 3.63) is 71.3 Å². The first-order valence-corrected chi connectivity index (χ1v) is 6.49. The van der Waals surface area contributed by atoms with Crippen molar-refractivity contribution in [2.45, 2.75) is 12.5 Å². The van der Waals surface area contributed by atoms with E-state index in [1.54, 1.807) is 6.07 Å². The summed E-state index contributed by atoms with van der Waals surface area (Å²) >= 11 is 0. The first-order chi connectivity index (χ1) is 10.0. The van der Waals surface area contributed by atoms with Gasteiger partial charge in [-0.15, -0.1) is 0 Å². The van der Waals surface area contributed by atoms with E-state index in [1.807, 2.05) is 0 Å². The first kappa shape index (κ1) is 15.1. The Morgan fingerprint density at radius 3 is 2.48 bits per heavy atom. The quantitative estimate of drug-likeness (QED) is 0.888. The summed E-state index contributed by atoms with van der Waals surface area (Å²) in [7, 11) is 0. The van der Waals surface area contributed by atoms with Crippen LogP contribution >= 0.6 is 0 Å². The third-order valence-corrected chi connectivity index (χ3v) is 3.00. The van der Waals surface area contributed by atoms with Crippen LogP contribution in [0.2, 0.25) is 0 Å². The Kier molecular flexibility index (Phi) is 5.00. The van der Waals surface area contributed by atoms with Crippen LogP contribution in [0.1, 0.15) is 17.2 Å². The van der Waals surface area contributed by atoms with Gasteiger partial charge in [-0.05, 0) is 35.4 Å². The summed E-state index contributed by atoms with van der Waals surface area (Å²) in [5.74, 6) is -1.10. The molecule has 0 saturated carbocycles. The predicted octanol–water partition coefficient (Wildman–Crippen LogP) is 2.36. The molecular weight excluding hydrogens is 276 g/mol. The molecule has 0 heterocycles. The van der Waals surface area contributed by atoms with E-state index >= 15 is 0 Å². The molecule has 0 fully saturated rings. The van der Waals surface area contributed by atoms with Crippen LogP contribution in [0.3, 0.4) is 0 Å². The molecule has 0 aliphatic heterocycles. The molecule has 5 heteroatoms. The summed E-state index contributed by atoms with van der Waals surface area (Å²) in [6.45, 7) is 0.0137. The summed E-state index contributed by atoms with van der Waals surface area (Å²) in [6.07, 6.45) is -0.879. The highest BCUT2D eigenvalue weighted by Gasteiger charge is 2.10. The van der Waals surface area contributed by atoms with Crippen LogP contribution in [0.25, 0.3) is 0 Å². The molecule has 2 rings (SSSR count). The molecule has 0 spiro atoms. The van der Waals surface area contributed by atoms with Crippen LogP contribution in [0, 0.1) is 11.6 Å². The van der Waals surface area contributed by atoms with Crippen molar-refractivity contribution < 1.29 is 18.7 Å². The third-order valence-electron chi connectivity index (χ3n) is 3.00. The Balaban J connectivity index is 1.84. The molecule has 1 unspecified atom stereocenters. The second-order valence-corrected chi connectivity index (χ2v) is 4.68. The van der Waals surface area contributed by atoms with Gasteiger partial charge in [-0.1, -0.05) is 24.3 Å². The molecule has 2 aromatic rings. The highest BCUT2D eigenvalue weighted by atomic mass is 19.1. The Morgan fingerprint density at radius 2 is 1.81 bits per heavy atom. The van der Waals surface area contributed by atoms with Gasteiger partial charge in [-0.25, -0.2) is 8.78 Å². The summed E-state index contributed by atoms with van der Waals surface area (Å²) in [5.41, 5.74) is 1.08. The molecular formula is C16H15F2NO2. The van der Waals surface area contributed by atoms with E-state index in [4.69, 9.17) is 0 Å². The minimum absolute atomic E-state index is 0.0137. The Bertz CT molecular complexity index is 614. The molecule has 2 N–H and O–H groups in total. The van der Waals surface area contributed by atoms with Gasteiger partial charge in [0.05, 0.1) is 12.5 Å². The average molecular weight is 291 g/mol. The van der Waals surface area contributed by atoms with E-state index in [0.29, 0.717) is 11.1 Å². The second kappa shape index (κ2) is 6.95. The highest BCUT2D eigenvalue weighted by molar-refractivity contribution is 5.78. The van der Waals surface area contributed by atoms with Gasteiger partial charge in [0, 0.05) is 6.54 Å². The zero-order chi connectivity index (χ0) is 15.2. The van der Waals surface area contributed by atoms with Crippen LogP contribution in [0.4, 0.5) is 8.78 Å². The molecule has 2 aromatic carbocycles. The third kappa shape index (κ3) is 4.65. The average Bonchev–Trinajstić information content (AvgIpc) is 2.45. The summed E-state index contributed by atoms with van der Waals surface area (Å²) < 4.78 is 25.7. The maximum Gasteiger partial charge on any atom is 0.224 e. The van der Waals surface area contributed by atoms with E-state index in [-0.39, 0.29) is 24.7 Å². The number of amides is 1. The maximum atomic E-state index is 13.0. The number of carbonyl (C=O) groups is 1. The molecule has 0 aromatic heterocycles. The van der Waals surface area contributed by atoms with Crippen molar-refractivity contribution in [3.63, 3.8) is 0 Å². The molecule has 0 saturated heterocycles. The molecule has 0 aliphatic carbocycles. The van der Waals surface area contributed by atoms with Gasteiger partial charge in [-0.2, -0.15) is 0 Å². The summed E-state index contributed by atoms with van der Waals surface area (Å²) in [5, 5.41) is 12.4. The minimum atomic E-state index is -0.915. The summed E-state index contributed by atoms with van der Waals surface area (Å²) in [6, 6.07) is 11.2. The maximum absolute atomic E-state index is 13.0. The van der Waals surface area contributed by atoms with Gasteiger partial charge in [0.15, 0.2) is 0 Å². The van der Waals surface area contributed by atoms with Crippen molar-refractivity contribution in [1.82, 2.24) is 5.32 Å². The van der Waals surface area contributed by atoms with Gasteiger partial charge < -0.3 is 10.4 Å². The molecule has 3 nitrogen and oxygen atoms in total. The summed E-state index contributed by atoms with van der Waals surface area (Å²) in [4.78, 5) is 11.7. The fourth-order valence-electron chi connectivity index (χ4n) is 1.91. The lowest BCUT2D eigenvalue weighted by Gasteiger charge is -2.12. The molecule has 1 atom stereocenters. The number of nitrogens with one attached hydrogen (secondary N) is 1. The van der Waals surface area contributed by atoms with E-state index < -0.39 is 11.9 Å². The Hall–Kier alpha value is -2.27. The van der Waals surface area contributed by atoms with Crippen LogP contribution in [-0.4, -0.2) is 17.6 Å². The zero-order valence-electron chi connectivity index (χ0n) is 11.2. The number of hydrogen-bond acceptors (Lipinski definition) is 2. The fourth-order valence-corrected chi connectivity index (χ4v) is 1.91. The van der Waals surface area contributed by atoms with Crippen molar-refractivity contribution in [2.75, 3.05) is 6.54 Å². The number of rotatable bonds is 5. The van der Waals surface area contributed by atoms with Gasteiger partial charge >= 0.3 is 0 Å². The van der Waals surface area contributed by atoms with Crippen LogP contribution in [0.15, 0.2) is 48.5 Å². The van der Waals surface area contributed by atoms with Crippen molar-refractivity contribution in [3.8, 4) is 0 Å². The van der Waals surface area contributed by atoms with Gasteiger partial charge in [0.2, 0.25) is 5.91 Å². The van der Waals surface area contributed by atoms with E-state index in [1.165, 1.54) is 42.5 Å².